The van der Waals surface area contributed by atoms with Crippen molar-refractivity contribution >= 4 is 5.95 Å². The molecule has 0 saturated heterocycles. The van der Waals surface area contributed by atoms with Gasteiger partial charge in [-0.3, -0.25) is 0 Å². The van der Waals surface area contributed by atoms with Gasteiger partial charge < -0.3 is 19.5 Å². The summed E-state index contributed by atoms with van der Waals surface area (Å²) in [6.45, 7) is 5.72. The van der Waals surface area contributed by atoms with Crippen LogP contribution in [0, 0.1) is 0 Å². The number of nitrogens with one attached hydrogen (secondary N) is 1. The molecule has 1 aromatic rings. The predicted octanol–water partition coefficient (Wildman–Crippen LogP) is 1.00. The molecule has 0 radical (unpaired) electrons. The molecule has 0 aliphatic carbocycles. The predicted molar refractivity (Wildman–Crippen MR) is 70.3 cm³/mol. The van der Waals surface area contributed by atoms with Crippen LogP contribution < -0.4 is 10.2 Å². The lowest BCUT2D eigenvalue weighted by molar-refractivity contribution is 0.127. The lowest BCUT2D eigenvalue weighted by Crippen LogP contribution is -2.43. The van der Waals surface area contributed by atoms with Crippen LogP contribution in [-0.4, -0.2) is 42.9 Å². The van der Waals surface area contributed by atoms with Gasteiger partial charge in [0.05, 0.1) is 18.5 Å². The molecule has 98 valence electrons. The van der Waals surface area contributed by atoms with Gasteiger partial charge in [0.2, 0.25) is 5.95 Å². The molecule has 17 heavy (non-hydrogen) atoms. The fourth-order valence-corrected chi connectivity index (χ4v) is 1.76. The number of aromatic nitrogens is 2. The van der Waals surface area contributed by atoms with Gasteiger partial charge in [-0.2, -0.15) is 0 Å². The van der Waals surface area contributed by atoms with E-state index in [1.54, 1.807) is 7.11 Å². The van der Waals surface area contributed by atoms with Crippen LogP contribution in [0.2, 0.25) is 0 Å². The highest BCUT2D eigenvalue weighted by atomic mass is 16.5. The quantitative estimate of drug-likeness (QED) is 0.805. The second kappa shape index (κ2) is 5.51. The molecule has 0 aliphatic heterocycles. The third kappa shape index (κ3) is 3.71. The van der Waals surface area contributed by atoms with E-state index in [4.69, 9.17) is 4.74 Å². The summed E-state index contributed by atoms with van der Waals surface area (Å²) in [5.74, 6) is 0.964. The molecule has 1 heterocycles. The van der Waals surface area contributed by atoms with Gasteiger partial charge in [0.1, 0.15) is 0 Å². The first-order chi connectivity index (χ1) is 7.87. The molecule has 5 nitrogen and oxygen atoms in total. The van der Waals surface area contributed by atoms with E-state index in [0.717, 1.165) is 18.2 Å². The van der Waals surface area contributed by atoms with Crippen molar-refractivity contribution in [2.45, 2.75) is 25.9 Å². The van der Waals surface area contributed by atoms with Crippen molar-refractivity contribution in [3.63, 3.8) is 0 Å². The summed E-state index contributed by atoms with van der Waals surface area (Å²) < 4.78 is 7.27. The van der Waals surface area contributed by atoms with Gasteiger partial charge in [0, 0.05) is 40.3 Å². The van der Waals surface area contributed by atoms with Crippen molar-refractivity contribution in [1.82, 2.24) is 14.9 Å². The van der Waals surface area contributed by atoms with Gasteiger partial charge in [-0.1, -0.05) is 0 Å². The van der Waals surface area contributed by atoms with Gasteiger partial charge in [-0.25, -0.2) is 4.98 Å². The number of hydrogen-bond acceptors (Lipinski definition) is 4. The van der Waals surface area contributed by atoms with Gasteiger partial charge >= 0.3 is 0 Å². The van der Waals surface area contributed by atoms with Crippen molar-refractivity contribution in [3.8, 4) is 0 Å². The first-order valence-electron chi connectivity index (χ1n) is 5.79. The largest absolute Gasteiger partial charge is 0.383 e. The van der Waals surface area contributed by atoms with E-state index in [9.17, 15) is 0 Å². The number of methoxy groups -OCH3 is 1. The summed E-state index contributed by atoms with van der Waals surface area (Å²) in [5, 5.41) is 3.46. The molecule has 0 unspecified atom stereocenters. The molecule has 0 spiro atoms. The average Bonchev–Trinajstić information content (AvgIpc) is 2.57. The molecular weight excluding hydrogens is 216 g/mol. The zero-order chi connectivity index (χ0) is 13.1. The maximum atomic E-state index is 5.18. The van der Waals surface area contributed by atoms with E-state index in [0.29, 0.717) is 6.61 Å². The molecule has 5 heteroatoms. The second-order valence-electron chi connectivity index (χ2n) is 5.17. The Morgan fingerprint density at radius 1 is 1.47 bits per heavy atom. The Kier molecular flexibility index (Phi) is 4.54. The minimum absolute atomic E-state index is 0.0305. The second-order valence-corrected chi connectivity index (χ2v) is 5.17. The molecule has 1 aromatic heterocycles. The van der Waals surface area contributed by atoms with Crippen LogP contribution in [0.4, 0.5) is 5.95 Å². The van der Waals surface area contributed by atoms with Crippen molar-refractivity contribution in [3.05, 3.63) is 11.9 Å². The van der Waals surface area contributed by atoms with Crippen molar-refractivity contribution < 1.29 is 4.74 Å². The van der Waals surface area contributed by atoms with Crippen LogP contribution in [0.15, 0.2) is 6.20 Å². The highest BCUT2D eigenvalue weighted by molar-refractivity contribution is 5.30. The lowest BCUT2D eigenvalue weighted by atomic mass is 10.1. The molecular formula is C12H24N4O. The Hall–Kier alpha value is -1.07. The summed E-state index contributed by atoms with van der Waals surface area (Å²) in [7, 11) is 7.74. The molecule has 0 aromatic carbocycles. The van der Waals surface area contributed by atoms with E-state index in [-0.39, 0.29) is 5.54 Å². The number of rotatable bonds is 6. The van der Waals surface area contributed by atoms with Crippen molar-refractivity contribution in [2.24, 2.45) is 7.05 Å². The van der Waals surface area contributed by atoms with E-state index in [1.165, 1.54) is 0 Å². The average molecular weight is 240 g/mol. The van der Waals surface area contributed by atoms with Gasteiger partial charge in [0.25, 0.3) is 0 Å². The number of hydrogen-bond donors (Lipinski definition) is 1. The van der Waals surface area contributed by atoms with Crippen molar-refractivity contribution in [2.75, 3.05) is 32.7 Å². The topological polar surface area (TPSA) is 42.3 Å². The highest BCUT2D eigenvalue weighted by Crippen LogP contribution is 2.12. The number of imidazole rings is 1. The minimum Gasteiger partial charge on any atom is -0.383 e. The van der Waals surface area contributed by atoms with E-state index in [1.807, 2.05) is 32.2 Å². The molecule has 0 bridgehead atoms. The Labute approximate surface area is 104 Å². The first kappa shape index (κ1) is 14.0. The monoisotopic (exact) mass is 240 g/mol. The van der Waals surface area contributed by atoms with Gasteiger partial charge in [-0.05, 0) is 13.8 Å². The third-order valence-corrected chi connectivity index (χ3v) is 2.71. The van der Waals surface area contributed by atoms with Gasteiger partial charge in [-0.15, -0.1) is 0 Å². The summed E-state index contributed by atoms with van der Waals surface area (Å²) in [6, 6.07) is 0. The molecule has 0 amide bonds. The zero-order valence-corrected chi connectivity index (χ0v) is 11.7. The highest BCUT2D eigenvalue weighted by Gasteiger charge is 2.17. The van der Waals surface area contributed by atoms with Crippen molar-refractivity contribution in [1.29, 1.82) is 0 Å². The number of anilines is 1. The lowest BCUT2D eigenvalue weighted by Gasteiger charge is -2.25. The Morgan fingerprint density at radius 2 is 2.12 bits per heavy atom. The summed E-state index contributed by atoms with van der Waals surface area (Å²) >= 11 is 0. The minimum atomic E-state index is -0.0305. The maximum absolute atomic E-state index is 5.18. The summed E-state index contributed by atoms with van der Waals surface area (Å²) in [5.41, 5.74) is 1.13. The molecule has 1 rings (SSSR count). The van der Waals surface area contributed by atoms with E-state index in [2.05, 4.69) is 28.7 Å². The zero-order valence-electron chi connectivity index (χ0n) is 11.7. The smallest absolute Gasteiger partial charge is 0.204 e. The Bertz CT molecular complexity index is 357. The number of nitrogens with zero attached hydrogens (tertiary/aromatic N) is 3. The SMILES string of the molecule is COCC(C)(C)NCc1cnc(N(C)C)n1C. The third-order valence-electron chi connectivity index (χ3n) is 2.71. The van der Waals surface area contributed by atoms with Gasteiger partial charge in [0.15, 0.2) is 0 Å². The Balaban J connectivity index is 2.64. The van der Waals surface area contributed by atoms with Crippen LogP contribution in [0.3, 0.4) is 0 Å². The van der Waals surface area contributed by atoms with Crippen LogP contribution in [0.1, 0.15) is 19.5 Å². The first-order valence-corrected chi connectivity index (χ1v) is 5.79. The maximum Gasteiger partial charge on any atom is 0.204 e. The van der Waals surface area contributed by atoms with Crippen LogP contribution in [0.5, 0.6) is 0 Å². The molecule has 1 N–H and O–H groups in total. The van der Waals surface area contributed by atoms with Crippen LogP contribution >= 0.6 is 0 Å². The standard InChI is InChI=1S/C12H24N4O/c1-12(2,9-17-6)14-8-10-7-13-11(15(3)4)16(10)5/h7,14H,8-9H2,1-6H3. The summed E-state index contributed by atoms with van der Waals surface area (Å²) in [4.78, 5) is 6.38. The van der Waals surface area contributed by atoms with E-state index >= 15 is 0 Å². The Morgan fingerprint density at radius 3 is 2.59 bits per heavy atom. The molecule has 0 saturated carbocycles. The normalized spacial score (nSPS) is 11.9. The fourth-order valence-electron chi connectivity index (χ4n) is 1.76. The van der Waals surface area contributed by atoms with E-state index < -0.39 is 0 Å². The number of ether oxygens (including phenoxy) is 1. The fraction of sp³-hybridized carbons (Fsp3) is 0.750. The van der Waals surface area contributed by atoms with Crippen LogP contribution in [-0.2, 0) is 18.3 Å². The molecule has 0 aliphatic rings. The summed E-state index contributed by atoms with van der Waals surface area (Å²) in [6.07, 6.45) is 1.91. The molecule has 0 fully saturated rings. The van der Waals surface area contributed by atoms with Crippen LogP contribution in [0.25, 0.3) is 0 Å². The molecule has 0 atom stereocenters.